The van der Waals surface area contributed by atoms with E-state index < -0.39 is 0 Å². The van der Waals surface area contributed by atoms with Crippen LogP contribution in [0.2, 0.25) is 0 Å². The maximum atomic E-state index is 9.25. The molecule has 5 heteroatoms. The Balaban J connectivity index is 2.45. The highest BCUT2D eigenvalue weighted by Gasteiger charge is 2.30. The van der Waals surface area contributed by atoms with Gasteiger partial charge in [-0.05, 0) is 58.3 Å². The van der Waals surface area contributed by atoms with Gasteiger partial charge in [-0.1, -0.05) is 13.8 Å². The van der Waals surface area contributed by atoms with Crippen LogP contribution in [-0.2, 0) is 0 Å². The van der Waals surface area contributed by atoms with Crippen molar-refractivity contribution in [2.45, 2.75) is 72.4 Å². The van der Waals surface area contributed by atoms with Gasteiger partial charge in [-0.25, -0.2) is 0 Å². The minimum Gasteiger partial charge on any atom is -0.396 e. The average Bonchev–Trinajstić information content (AvgIpc) is 3.32. The van der Waals surface area contributed by atoms with Gasteiger partial charge in [0.2, 0.25) is 0 Å². The zero-order chi connectivity index (χ0) is 17.9. The molecule has 1 unspecified atom stereocenters. The van der Waals surface area contributed by atoms with Crippen molar-refractivity contribution in [1.82, 2.24) is 15.5 Å². The Kier molecular flexibility index (Phi) is 10.3. The molecule has 0 spiro atoms. The molecule has 1 fully saturated rings. The van der Waals surface area contributed by atoms with Crippen molar-refractivity contribution in [3.8, 4) is 0 Å². The lowest BCUT2D eigenvalue weighted by Gasteiger charge is -2.26. The molecular formula is C19H40N4O. The summed E-state index contributed by atoms with van der Waals surface area (Å²) in [5.41, 5.74) is 0. The molecule has 3 N–H and O–H groups in total. The summed E-state index contributed by atoms with van der Waals surface area (Å²) in [6.45, 7) is 15.0. The molecule has 0 amide bonds. The number of rotatable bonds is 12. The van der Waals surface area contributed by atoms with Crippen molar-refractivity contribution in [2.24, 2.45) is 16.8 Å². The Labute approximate surface area is 149 Å². The fourth-order valence-electron chi connectivity index (χ4n) is 3.27. The van der Waals surface area contributed by atoms with E-state index in [9.17, 15) is 5.11 Å². The average molecular weight is 341 g/mol. The Morgan fingerprint density at radius 1 is 1.21 bits per heavy atom. The third-order valence-electron chi connectivity index (χ3n) is 4.54. The van der Waals surface area contributed by atoms with E-state index in [0.29, 0.717) is 17.9 Å². The topological polar surface area (TPSA) is 59.9 Å². The number of aliphatic hydroxyl groups is 1. The Morgan fingerprint density at radius 3 is 2.42 bits per heavy atom. The molecule has 0 aromatic rings. The zero-order valence-electron chi connectivity index (χ0n) is 16.5. The molecule has 1 aliphatic rings. The molecule has 0 heterocycles. The molecule has 0 aromatic heterocycles. The number of nitrogens with one attached hydrogen (secondary N) is 2. The fraction of sp³-hybridized carbons (Fsp3) is 0.947. The fourth-order valence-corrected chi connectivity index (χ4v) is 3.27. The first-order valence-corrected chi connectivity index (χ1v) is 9.86. The highest BCUT2D eigenvalue weighted by atomic mass is 16.3. The molecule has 1 atom stereocenters. The Hall–Kier alpha value is -0.810. The van der Waals surface area contributed by atoms with Gasteiger partial charge in [0, 0.05) is 44.9 Å². The van der Waals surface area contributed by atoms with Gasteiger partial charge in [-0.2, -0.15) is 0 Å². The normalized spacial score (nSPS) is 17.0. The summed E-state index contributed by atoms with van der Waals surface area (Å²) in [6, 6.07) is 1.41. The summed E-state index contributed by atoms with van der Waals surface area (Å²) in [4.78, 5) is 7.34. The maximum Gasteiger partial charge on any atom is 0.191 e. The maximum absolute atomic E-state index is 9.25. The van der Waals surface area contributed by atoms with Crippen LogP contribution in [0.4, 0.5) is 0 Å². The van der Waals surface area contributed by atoms with Gasteiger partial charge >= 0.3 is 0 Å². The van der Waals surface area contributed by atoms with Crippen molar-refractivity contribution in [1.29, 1.82) is 0 Å². The second kappa shape index (κ2) is 11.7. The molecule has 1 aliphatic carbocycles. The Bertz CT molecular complexity index is 351. The second-order valence-electron chi connectivity index (χ2n) is 7.72. The van der Waals surface area contributed by atoms with Crippen LogP contribution < -0.4 is 10.6 Å². The quantitative estimate of drug-likeness (QED) is 0.377. The first kappa shape index (κ1) is 21.2. The molecule has 1 saturated carbocycles. The monoisotopic (exact) mass is 340 g/mol. The number of aliphatic hydroxyl groups excluding tert-OH is 1. The largest absolute Gasteiger partial charge is 0.396 e. The predicted octanol–water partition coefficient (Wildman–Crippen LogP) is 2.46. The van der Waals surface area contributed by atoms with Gasteiger partial charge in [0.05, 0.1) is 0 Å². The number of hydrogen-bond donors (Lipinski definition) is 3. The summed E-state index contributed by atoms with van der Waals surface area (Å²) in [5, 5.41) is 16.1. The Morgan fingerprint density at radius 2 is 1.92 bits per heavy atom. The van der Waals surface area contributed by atoms with E-state index in [1.807, 2.05) is 0 Å². The van der Waals surface area contributed by atoms with Crippen LogP contribution >= 0.6 is 0 Å². The van der Waals surface area contributed by atoms with Crippen LogP contribution in [0.25, 0.3) is 0 Å². The van der Waals surface area contributed by atoms with E-state index in [4.69, 9.17) is 4.99 Å². The minimum atomic E-state index is 0.252. The van der Waals surface area contributed by atoms with Crippen LogP contribution in [0.1, 0.15) is 60.3 Å². The van der Waals surface area contributed by atoms with E-state index in [1.54, 1.807) is 0 Å². The molecule has 142 valence electrons. The first-order chi connectivity index (χ1) is 11.5. The van der Waals surface area contributed by atoms with E-state index >= 15 is 0 Å². The molecule has 0 bridgehead atoms. The molecule has 1 rings (SSSR count). The first-order valence-electron chi connectivity index (χ1n) is 9.86. The highest BCUT2D eigenvalue weighted by molar-refractivity contribution is 5.79. The molecule has 24 heavy (non-hydrogen) atoms. The van der Waals surface area contributed by atoms with Crippen LogP contribution in [0.15, 0.2) is 4.99 Å². The van der Waals surface area contributed by atoms with Gasteiger partial charge in [-0.3, -0.25) is 9.89 Å². The third-order valence-corrected chi connectivity index (χ3v) is 4.54. The standard InChI is InChI=1S/C19H40N4O/c1-6-20-19(22-14-17(9-12-24)13-15(2)3)21-10-11-23(16(4)5)18-7-8-18/h15-18,24H,6-14H2,1-5H3,(H2,20,21,22). The van der Waals surface area contributed by atoms with Crippen molar-refractivity contribution in [3.63, 3.8) is 0 Å². The zero-order valence-corrected chi connectivity index (χ0v) is 16.5. The van der Waals surface area contributed by atoms with Gasteiger partial charge in [0.15, 0.2) is 5.96 Å². The van der Waals surface area contributed by atoms with Crippen LogP contribution in [0.3, 0.4) is 0 Å². The molecule has 0 aliphatic heterocycles. The predicted molar refractivity (Wildman–Crippen MR) is 103 cm³/mol. The number of guanidine groups is 1. The van der Waals surface area contributed by atoms with Gasteiger partial charge < -0.3 is 15.7 Å². The van der Waals surface area contributed by atoms with Crippen molar-refractivity contribution in [2.75, 3.05) is 32.8 Å². The molecular weight excluding hydrogens is 300 g/mol. The highest BCUT2D eigenvalue weighted by Crippen LogP contribution is 2.27. The number of aliphatic imine (C=N–C) groups is 1. The van der Waals surface area contributed by atoms with Crippen LogP contribution in [0, 0.1) is 11.8 Å². The molecule has 0 radical (unpaired) electrons. The lowest BCUT2D eigenvalue weighted by Crippen LogP contribution is -2.44. The third kappa shape index (κ3) is 8.88. The summed E-state index contributed by atoms with van der Waals surface area (Å²) in [5.74, 6) is 2.01. The minimum absolute atomic E-state index is 0.252. The van der Waals surface area contributed by atoms with Crippen LogP contribution in [0.5, 0.6) is 0 Å². The SMILES string of the molecule is CCNC(=NCC(CCO)CC(C)C)NCCN(C(C)C)C1CC1. The lowest BCUT2D eigenvalue weighted by atomic mass is 9.94. The van der Waals surface area contributed by atoms with Crippen molar-refractivity contribution >= 4 is 5.96 Å². The summed E-state index contributed by atoms with van der Waals surface area (Å²) in [7, 11) is 0. The second-order valence-corrected chi connectivity index (χ2v) is 7.72. The van der Waals surface area contributed by atoms with Crippen LogP contribution in [-0.4, -0.2) is 60.8 Å². The molecule has 0 saturated heterocycles. The smallest absolute Gasteiger partial charge is 0.191 e. The lowest BCUT2D eigenvalue weighted by molar-refractivity contribution is 0.215. The van der Waals surface area contributed by atoms with Crippen molar-refractivity contribution in [3.05, 3.63) is 0 Å². The van der Waals surface area contributed by atoms with E-state index in [0.717, 1.165) is 51.0 Å². The molecule has 5 nitrogen and oxygen atoms in total. The van der Waals surface area contributed by atoms with Gasteiger partial charge in [-0.15, -0.1) is 0 Å². The van der Waals surface area contributed by atoms with Crippen molar-refractivity contribution < 1.29 is 5.11 Å². The number of nitrogens with zero attached hydrogens (tertiary/aromatic N) is 2. The summed E-state index contributed by atoms with van der Waals surface area (Å²) >= 11 is 0. The van der Waals surface area contributed by atoms with E-state index in [-0.39, 0.29) is 6.61 Å². The van der Waals surface area contributed by atoms with E-state index in [1.165, 1.54) is 12.8 Å². The van der Waals surface area contributed by atoms with Gasteiger partial charge in [0.25, 0.3) is 0 Å². The van der Waals surface area contributed by atoms with Gasteiger partial charge in [0.1, 0.15) is 0 Å². The number of hydrogen-bond acceptors (Lipinski definition) is 3. The van der Waals surface area contributed by atoms with E-state index in [2.05, 4.69) is 50.2 Å². The molecule has 0 aromatic carbocycles. The summed E-state index contributed by atoms with van der Waals surface area (Å²) < 4.78 is 0. The summed E-state index contributed by atoms with van der Waals surface area (Å²) in [6.07, 6.45) is 4.66.